The van der Waals surface area contributed by atoms with Crippen LogP contribution >= 0.6 is 0 Å². The topological polar surface area (TPSA) is 75.2 Å². The van der Waals surface area contributed by atoms with Crippen molar-refractivity contribution in [2.24, 2.45) is 0 Å². The van der Waals surface area contributed by atoms with Gasteiger partial charge in [-0.05, 0) is 56.5 Å². The molecule has 1 aromatic heterocycles. The van der Waals surface area contributed by atoms with E-state index in [1.54, 1.807) is 24.3 Å². The van der Waals surface area contributed by atoms with Gasteiger partial charge in [-0.2, -0.15) is 0 Å². The molecular weight excluding hydrogens is 400 g/mol. The van der Waals surface area contributed by atoms with E-state index in [1.165, 1.54) is 12.5 Å². The molecule has 0 spiro atoms. The van der Waals surface area contributed by atoms with Crippen LogP contribution in [0.15, 0.2) is 54.7 Å². The Morgan fingerprint density at radius 2 is 1.88 bits per heavy atom. The summed E-state index contributed by atoms with van der Waals surface area (Å²) in [7, 11) is 0. The molecule has 1 aliphatic rings. The lowest BCUT2D eigenvalue weighted by Crippen LogP contribution is -2.39. The van der Waals surface area contributed by atoms with Gasteiger partial charge in [-0.15, -0.1) is 0 Å². The molecule has 32 heavy (non-hydrogen) atoms. The maximum Gasteiger partial charge on any atom is 0.253 e. The Morgan fingerprint density at radius 1 is 1.09 bits per heavy atom. The van der Waals surface area contributed by atoms with Crippen LogP contribution in [0.5, 0.6) is 0 Å². The van der Waals surface area contributed by atoms with Crippen LogP contribution < -0.4 is 5.32 Å². The van der Waals surface area contributed by atoms with Gasteiger partial charge in [-0.1, -0.05) is 29.8 Å². The molecule has 0 aliphatic carbocycles. The first-order valence-corrected chi connectivity index (χ1v) is 11.0. The number of nitrogens with one attached hydrogen (secondary N) is 1. The van der Waals surface area contributed by atoms with Gasteiger partial charge in [0.15, 0.2) is 0 Å². The van der Waals surface area contributed by atoms with Crippen molar-refractivity contribution in [3.05, 3.63) is 77.4 Å². The zero-order valence-corrected chi connectivity index (χ0v) is 18.8. The second kappa shape index (κ2) is 9.30. The molecule has 1 saturated heterocycles. The van der Waals surface area contributed by atoms with Gasteiger partial charge in [-0.25, -0.2) is 9.97 Å². The third-order valence-electron chi connectivity index (χ3n) is 5.82. The monoisotopic (exact) mass is 428 g/mol. The summed E-state index contributed by atoms with van der Waals surface area (Å²) < 4.78 is 0. The number of benzene rings is 2. The van der Waals surface area contributed by atoms with E-state index >= 15 is 0 Å². The van der Waals surface area contributed by atoms with Crippen molar-refractivity contribution in [1.82, 2.24) is 14.9 Å². The Labute approximate surface area is 188 Å². The van der Waals surface area contributed by atoms with E-state index in [2.05, 4.69) is 41.5 Å². The van der Waals surface area contributed by atoms with Crippen LogP contribution in [0.1, 0.15) is 53.1 Å². The number of anilines is 1. The van der Waals surface area contributed by atoms with Crippen molar-refractivity contribution >= 4 is 17.5 Å². The maximum absolute atomic E-state index is 13.2. The quantitative estimate of drug-likeness (QED) is 0.651. The van der Waals surface area contributed by atoms with Gasteiger partial charge >= 0.3 is 0 Å². The van der Waals surface area contributed by atoms with Gasteiger partial charge in [0.1, 0.15) is 5.82 Å². The molecule has 0 bridgehead atoms. The minimum atomic E-state index is -0.132. The van der Waals surface area contributed by atoms with Gasteiger partial charge in [0.25, 0.3) is 5.91 Å². The Balaban J connectivity index is 1.57. The first kappa shape index (κ1) is 21.7. The number of aromatic nitrogens is 2. The molecule has 1 atom stereocenters. The summed E-state index contributed by atoms with van der Waals surface area (Å²) in [5.74, 6) is 0.774. The smallest absolute Gasteiger partial charge is 0.253 e. The van der Waals surface area contributed by atoms with Crippen LogP contribution in [-0.2, 0) is 4.79 Å². The number of piperidine rings is 1. The fraction of sp³-hybridized carbons (Fsp3) is 0.308. The van der Waals surface area contributed by atoms with Crippen molar-refractivity contribution < 1.29 is 9.59 Å². The number of amides is 2. The van der Waals surface area contributed by atoms with Crippen molar-refractivity contribution in [3.63, 3.8) is 0 Å². The number of aryl methyl sites for hydroxylation is 2. The van der Waals surface area contributed by atoms with Crippen LogP contribution in [0.4, 0.5) is 5.69 Å². The minimum Gasteiger partial charge on any atom is -0.338 e. The molecule has 1 aliphatic heterocycles. The van der Waals surface area contributed by atoms with Crippen LogP contribution in [-0.4, -0.2) is 39.8 Å². The molecule has 2 amide bonds. The summed E-state index contributed by atoms with van der Waals surface area (Å²) in [6.07, 6.45) is 3.82. The van der Waals surface area contributed by atoms with Gasteiger partial charge in [0.2, 0.25) is 5.91 Å². The molecule has 1 fully saturated rings. The predicted molar refractivity (Wildman–Crippen MR) is 126 cm³/mol. The second-order valence-corrected chi connectivity index (χ2v) is 8.43. The molecule has 0 saturated carbocycles. The van der Waals surface area contributed by atoms with E-state index in [9.17, 15) is 9.59 Å². The fourth-order valence-corrected chi connectivity index (χ4v) is 4.30. The number of hydrogen-bond acceptors (Lipinski definition) is 4. The highest BCUT2D eigenvalue weighted by molar-refractivity contribution is 5.95. The third kappa shape index (κ3) is 4.85. The Hall–Kier alpha value is -3.54. The lowest BCUT2D eigenvalue weighted by atomic mass is 9.89. The second-order valence-electron chi connectivity index (χ2n) is 8.43. The van der Waals surface area contributed by atoms with E-state index < -0.39 is 0 Å². The van der Waals surface area contributed by atoms with Gasteiger partial charge < -0.3 is 10.2 Å². The van der Waals surface area contributed by atoms with Crippen LogP contribution in [0.2, 0.25) is 0 Å². The molecule has 1 N–H and O–H groups in total. The Kier molecular flexibility index (Phi) is 6.30. The highest BCUT2D eigenvalue weighted by Crippen LogP contribution is 2.33. The normalized spacial score (nSPS) is 16.0. The van der Waals surface area contributed by atoms with Gasteiger partial charge in [-0.3, -0.25) is 9.59 Å². The summed E-state index contributed by atoms with van der Waals surface area (Å²) >= 11 is 0. The average Bonchev–Trinajstić information content (AvgIpc) is 2.79. The van der Waals surface area contributed by atoms with Crippen LogP contribution in [0.3, 0.4) is 0 Å². The Morgan fingerprint density at radius 3 is 2.59 bits per heavy atom. The summed E-state index contributed by atoms with van der Waals surface area (Å²) in [5.41, 5.74) is 5.66. The zero-order chi connectivity index (χ0) is 22.7. The Bertz CT molecular complexity index is 1140. The average molecular weight is 429 g/mol. The third-order valence-corrected chi connectivity index (χ3v) is 5.82. The molecule has 3 aromatic rings. The number of likely N-dealkylation sites (tertiary alicyclic amines) is 1. The lowest BCUT2D eigenvalue weighted by Gasteiger charge is -2.33. The van der Waals surface area contributed by atoms with E-state index in [0.29, 0.717) is 17.8 Å². The number of carbonyl (C=O) groups excluding carboxylic acids is 2. The summed E-state index contributed by atoms with van der Waals surface area (Å²) in [4.78, 5) is 35.6. The maximum atomic E-state index is 13.2. The highest BCUT2D eigenvalue weighted by Gasteiger charge is 2.28. The first-order valence-electron chi connectivity index (χ1n) is 11.0. The van der Waals surface area contributed by atoms with Crippen LogP contribution in [0.25, 0.3) is 11.1 Å². The summed E-state index contributed by atoms with van der Waals surface area (Å²) in [6, 6.07) is 15.4. The fourth-order valence-electron chi connectivity index (χ4n) is 4.30. The van der Waals surface area contributed by atoms with Crippen molar-refractivity contribution in [2.75, 3.05) is 18.4 Å². The SMILES string of the molecule is CC(=O)Nc1ccc(C(=O)N2CCCC(c3nc(C)ncc3-c3cccc(C)c3)C2)cc1. The minimum absolute atomic E-state index is 0.00644. The molecule has 164 valence electrons. The van der Waals surface area contributed by atoms with Crippen molar-refractivity contribution in [2.45, 2.75) is 39.5 Å². The molecule has 4 rings (SSSR count). The van der Waals surface area contributed by atoms with E-state index in [-0.39, 0.29) is 17.7 Å². The molecule has 2 heterocycles. The zero-order valence-electron chi connectivity index (χ0n) is 18.8. The summed E-state index contributed by atoms with van der Waals surface area (Å²) in [5, 5.41) is 2.73. The molecule has 6 nitrogen and oxygen atoms in total. The predicted octanol–water partition coefficient (Wildman–Crippen LogP) is 4.74. The van der Waals surface area contributed by atoms with E-state index in [0.717, 1.165) is 42.0 Å². The summed E-state index contributed by atoms with van der Waals surface area (Å²) in [6.45, 7) is 6.81. The highest BCUT2D eigenvalue weighted by atomic mass is 16.2. The number of carbonyl (C=O) groups is 2. The molecule has 2 aromatic carbocycles. The number of rotatable bonds is 4. The first-order chi connectivity index (χ1) is 15.4. The standard InChI is InChI=1S/C26H28N4O2/c1-17-6-4-7-21(14-17)24-15-27-18(2)28-25(24)22-8-5-13-30(16-22)26(32)20-9-11-23(12-10-20)29-19(3)31/h4,6-7,9-12,14-15,22H,5,8,13,16H2,1-3H3,(H,29,31). The number of nitrogens with zero attached hydrogens (tertiary/aromatic N) is 3. The van der Waals surface area contributed by atoms with Crippen molar-refractivity contribution in [1.29, 1.82) is 0 Å². The molecular formula is C26H28N4O2. The molecule has 6 heteroatoms. The van der Waals surface area contributed by atoms with Gasteiger partial charge in [0.05, 0.1) is 5.69 Å². The molecule has 1 unspecified atom stereocenters. The number of hydrogen-bond donors (Lipinski definition) is 1. The van der Waals surface area contributed by atoms with E-state index in [1.807, 2.05) is 18.0 Å². The van der Waals surface area contributed by atoms with E-state index in [4.69, 9.17) is 4.98 Å². The van der Waals surface area contributed by atoms with Crippen molar-refractivity contribution in [3.8, 4) is 11.1 Å². The molecule has 0 radical (unpaired) electrons. The lowest BCUT2D eigenvalue weighted by molar-refractivity contribution is -0.114. The van der Waals surface area contributed by atoms with Gasteiger partial charge in [0, 0.05) is 48.9 Å². The largest absolute Gasteiger partial charge is 0.338 e. The van der Waals surface area contributed by atoms with Crippen LogP contribution in [0, 0.1) is 13.8 Å².